The lowest BCUT2D eigenvalue weighted by atomic mass is 10.1. The topological polar surface area (TPSA) is 33.0 Å². The third-order valence-electron chi connectivity index (χ3n) is 2.56. The van der Waals surface area contributed by atoms with Crippen LogP contribution < -0.4 is 4.74 Å². The van der Waals surface area contributed by atoms with Crippen LogP contribution in [0.15, 0.2) is 18.2 Å². The van der Waals surface area contributed by atoms with Crippen molar-refractivity contribution in [3.05, 3.63) is 29.3 Å². The van der Waals surface area contributed by atoms with E-state index in [4.69, 9.17) is 10.00 Å². The van der Waals surface area contributed by atoms with Gasteiger partial charge in [-0.3, -0.25) is 0 Å². The summed E-state index contributed by atoms with van der Waals surface area (Å²) in [6, 6.07) is 7.71. The lowest BCUT2D eigenvalue weighted by Crippen LogP contribution is -2.26. The quantitative estimate of drug-likeness (QED) is 0.754. The molecule has 0 fully saturated rings. The average Bonchev–Trinajstić information content (AvgIpc) is 2.17. The van der Waals surface area contributed by atoms with E-state index in [1.807, 2.05) is 19.1 Å². The predicted molar refractivity (Wildman–Crippen MR) is 60.9 cm³/mol. The van der Waals surface area contributed by atoms with Crippen molar-refractivity contribution in [1.29, 1.82) is 5.26 Å². The van der Waals surface area contributed by atoms with Crippen molar-refractivity contribution in [2.45, 2.75) is 39.7 Å². The van der Waals surface area contributed by atoms with Gasteiger partial charge in [-0.1, -0.05) is 6.92 Å². The minimum atomic E-state index is -0.152. The molecule has 0 heterocycles. The summed E-state index contributed by atoms with van der Waals surface area (Å²) in [6.45, 7) is 8.13. The summed E-state index contributed by atoms with van der Waals surface area (Å²) in [5, 5.41) is 8.80. The molecule has 0 aliphatic heterocycles. The third kappa shape index (κ3) is 2.99. The van der Waals surface area contributed by atoms with E-state index in [1.54, 1.807) is 6.07 Å². The highest BCUT2D eigenvalue weighted by molar-refractivity contribution is 5.41. The molecule has 0 radical (unpaired) electrons. The Balaban J connectivity index is 2.90. The first-order chi connectivity index (χ1) is 6.98. The van der Waals surface area contributed by atoms with Crippen molar-refractivity contribution in [2.75, 3.05) is 0 Å². The molecule has 0 aromatic heterocycles. The molecule has 0 aliphatic rings. The molecule has 1 aromatic rings. The van der Waals surface area contributed by atoms with Crippen LogP contribution in [-0.2, 0) is 0 Å². The molecule has 15 heavy (non-hydrogen) atoms. The van der Waals surface area contributed by atoms with Crippen LogP contribution in [0.25, 0.3) is 0 Å². The van der Waals surface area contributed by atoms with Crippen molar-refractivity contribution < 1.29 is 4.74 Å². The molecule has 0 spiro atoms. The number of aryl methyl sites for hydroxylation is 1. The van der Waals surface area contributed by atoms with Gasteiger partial charge in [-0.05, 0) is 51.0 Å². The smallest absolute Gasteiger partial charge is 0.120 e. The highest BCUT2D eigenvalue weighted by Crippen LogP contribution is 2.23. The van der Waals surface area contributed by atoms with Gasteiger partial charge >= 0.3 is 0 Å². The van der Waals surface area contributed by atoms with Gasteiger partial charge < -0.3 is 4.74 Å². The highest BCUT2D eigenvalue weighted by Gasteiger charge is 2.16. The number of rotatable bonds is 3. The number of hydrogen-bond donors (Lipinski definition) is 0. The first kappa shape index (κ1) is 11.6. The Morgan fingerprint density at radius 1 is 1.40 bits per heavy atom. The zero-order valence-electron chi connectivity index (χ0n) is 9.79. The molecule has 0 aliphatic carbocycles. The van der Waals surface area contributed by atoms with Gasteiger partial charge in [0.15, 0.2) is 0 Å². The van der Waals surface area contributed by atoms with Crippen LogP contribution in [0.4, 0.5) is 0 Å². The van der Waals surface area contributed by atoms with Crippen molar-refractivity contribution in [1.82, 2.24) is 0 Å². The molecule has 2 heteroatoms. The summed E-state index contributed by atoms with van der Waals surface area (Å²) < 4.78 is 5.82. The Morgan fingerprint density at radius 2 is 2.07 bits per heavy atom. The second-order valence-electron chi connectivity index (χ2n) is 4.30. The zero-order valence-corrected chi connectivity index (χ0v) is 9.79. The number of nitrogens with zero attached hydrogens (tertiary/aromatic N) is 1. The molecule has 0 saturated heterocycles. The van der Waals surface area contributed by atoms with Crippen molar-refractivity contribution >= 4 is 0 Å². The Kier molecular flexibility index (Phi) is 3.36. The van der Waals surface area contributed by atoms with Gasteiger partial charge in [-0.25, -0.2) is 0 Å². The van der Waals surface area contributed by atoms with E-state index in [0.29, 0.717) is 5.56 Å². The first-order valence-electron chi connectivity index (χ1n) is 5.18. The molecule has 0 amide bonds. The second-order valence-corrected chi connectivity index (χ2v) is 4.30. The predicted octanol–water partition coefficient (Wildman–Crippen LogP) is 3.43. The Labute approximate surface area is 91.5 Å². The lowest BCUT2D eigenvalue weighted by molar-refractivity contribution is 0.105. The minimum absolute atomic E-state index is 0.152. The van der Waals surface area contributed by atoms with E-state index in [2.05, 4.69) is 26.8 Å². The normalized spacial score (nSPS) is 10.9. The summed E-state index contributed by atoms with van der Waals surface area (Å²) in [6.07, 6.45) is 0.950. The van der Waals surface area contributed by atoms with E-state index >= 15 is 0 Å². The molecule has 0 unspecified atom stereocenters. The number of benzene rings is 1. The molecule has 1 rings (SSSR count). The molecular weight excluding hydrogens is 186 g/mol. The van der Waals surface area contributed by atoms with Crippen molar-refractivity contribution in [3.63, 3.8) is 0 Å². The molecule has 0 bridgehead atoms. The summed E-state index contributed by atoms with van der Waals surface area (Å²) in [5.41, 5.74) is 1.51. The van der Waals surface area contributed by atoms with Crippen LogP contribution in [0.5, 0.6) is 5.75 Å². The highest BCUT2D eigenvalue weighted by atomic mass is 16.5. The van der Waals surface area contributed by atoms with Gasteiger partial charge in [0.1, 0.15) is 11.4 Å². The molecular formula is C13H17NO. The molecule has 0 N–H and O–H groups in total. The van der Waals surface area contributed by atoms with Crippen LogP contribution in [0.2, 0.25) is 0 Å². The molecule has 1 aromatic carbocycles. The summed E-state index contributed by atoms with van der Waals surface area (Å²) in [5.74, 6) is 0.832. The van der Waals surface area contributed by atoms with Gasteiger partial charge in [0.05, 0.1) is 11.6 Å². The molecule has 2 nitrogen and oxygen atoms in total. The van der Waals surface area contributed by atoms with E-state index in [9.17, 15) is 0 Å². The van der Waals surface area contributed by atoms with Crippen LogP contribution in [0.1, 0.15) is 38.3 Å². The Hall–Kier alpha value is -1.49. The van der Waals surface area contributed by atoms with Crippen LogP contribution in [0, 0.1) is 18.3 Å². The standard InChI is InChI=1S/C13H17NO/c1-5-13(3,4)15-12-7-6-11(9-14)10(2)8-12/h6-8H,5H2,1-4H3. The van der Waals surface area contributed by atoms with Gasteiger partial charge in [0.25, 0.3) is 0 Å². The van der Waals surface area contributed by atoms with Gasteiger partial charge in [-0.15, -0.1) is 0 Å². The second kappa shape index (κ2) is 4.35. The molecule has 0 atom stereocenters. The maximum absolute atomic E-state index is 8.80. The lowest BCUT2D eigenvalue weighted by Gasteiger charge is -2.25. The van der Waals surface area contributed by atoms with Crippen molar-refractivity contribution in [3.8, 4) is 11.8 Å². The summed E-state index contributed by atoms with van der Waals surface area (Å²) >= 11 is 0. The SMILES string of the molecule is CCC(C)(C)Oc1ccc(C#N)c(C)c1. The van der Waals surface area contributed by atoms with E-state index in [0.717, 1.165) is 17.7 Å². The number of ether oxygens (including phenoxy) is 1. The fraction of sp³-hybridized carbons (Fsp3) is 0.462. The zero-order chi connectivity index (χ0) is 11.5. The monoisotopic (exact) mass is 203 g/mol. The Morgan fingerprint density at radius 3 is 2.53 bits per heavy atom. The largest absolute Gasteiger partial charge is 0.488 e. The van der Waals surface area contributed by atoms with Gasteiger partial charge in [0, 0.05) is 0 Å². The number of nitriles is 1. The third-order valence-corrected chi connectivity index (χ3v) is 2.56. The Bertz CT molecular complexity index is 388. The molecule has 0 saturated carbocycles. The van der Waals surface area contributed by atoms with E-state index in [-0.39, 0.29) is 5.60 Å². The maximum Gasteiger partial charge on any atom is 0.120 e. The molecule has 80 valence electrons. The first-order valence-corrected chi connectivity index (χ1v) is 5.18. The minimum Gasteiger partial charge on any atom is -0.488 e. The van der Waals surface area contributed by atoms with Crippen LogP contribution >= 0.6 is 0 Å². The van der Waals surface area contributed by atoms with Crippen LogP contribution in [0.3, 0.4) is 0 Å². The fourth-order valence-electron chi connectivity index (χ4n) is 1.22. The van der Waals surface area contributed by atoms with Crippen LogP contribution in [-0.4, -0.2) is 5.60 Å². The average molecular weight is 203 g/mol. The van der Waals surface area contributed by atoms with Crippen molar-refractivity contribution in [2.24, 2.45) is 0 Å². The summed E-state index contributed by atoms with van der Waals surface area (Å²) in [7, 11) is 0. The fourth-order valence-corrected chi connectivity index (χ4v) is 1.22. The maximum atomic E-state index is 8.80. The van der Waals surface area contributed by atoms with E-state index < -0.39 is 0 Å². The van der Waals surface area contributed by atoms with Gasteiger partial charge in [0.2, 0.25) is 0 Å². The summed E-state index contributed by atoms with van der Waals surface area (Å²) in [4.78, 5) is 0. The number of hydrogen-bond acceptors (Lipinski definition) is 2. The van der Waals surface area contributed by atoms with Gasteiger partial charge in [-0.2, -0.15) is 5.26 Å². The van der Waals surface area contributed by atoms with E-state index in [1.165, 1.54) is 0 Å².